The van der Waals surface area contributed by atoms with Gasteiger partial charge >= 0.3 is 0 Å². The molecule has 0 spiro atoms. The van der Waals surface area contributed by atoms with Crippen molar-refractivity contribution in [2.45, 2.75) is 12.8 Å². The molecule has 1 saturated heterocycles. The molecular formula is C10H20N2O2S. The quantitative estimate of drug-likeness (QED) is 0.568. The van der Waals surface area contributed by atoms with Gasteiger partial charge in [-0.1, -0.05) is 0 Å². The summed E-state index contributed by atoms with van der Waals surface area (Å²) in [6.45, 7) is 5.18. The maximum absolute atomic E-state index is 5.37. The van der Waals surface area contributed by atoms with Crippen LogP contribution in [0.3, 0.4) is 0 Å². The molecule has 0 aromatic rings. The lowest BCUT2D eigenvalue weighted by atomic mass is 10.4. The highest BCUT2D eigenvalue weighted by molar-refractivity contribution is 7.80. The van der Waals surface area contributed by atoms with Gasteiger partial charge < -0.3 is 19.7 Å². The van der Waals surface area contributed by atoms with Crippen molar-refractivity contribution in [2.75, 3.05) is 46.6 Å². The van der Waals surface area contributed by atoms with Crippen LogP contribution < -0.4 is 5.32 Å². The van der Waals surface area contributed by atoms with E-state index < -0.39 is 0 Å². The van der Waals surface area contributed by atoms with Gasteiger partial charge in [-0.25, -0.2) is 0 Å². The summed E-state index contributed by atoms with van der Waals surface area (Å²) in [6.07, 6.45) is 2.04. The Labute approximate surface area is 96.9 Å². The van der Waals surface area contributed by atoms with Gasteiger partial charge in [0.25, 0.3) is 0 Å². The standard InChI is InChI=1S/C10H20N2O2S/c1-13-7-2-4-11-10(15)12-5-3-8-14-9-6-12/h2-9H2,1H3,(H,11,15). The van der Waals surface area contributed by atoms with E-state index in [1.54, 1.807) is 7.11 Å². The lowest BCUT2D eigenvalue weighted by Gasteiger charge is -2.23. The Morgan fingerprint density at radius 1 is 1.47 bits per heavy atom. The molecule has 1 aliphatic rings. The van der Waals surface area contributed by atoms with Crippen molar-refractivity contribution >= 4 is 17.3 Å². The molecule has 15 heavy (non-hydrogen) atoms. The van der Waals surface area contributed by atoms with Crippen molar-refractivity contribution in [1.82, 2.24) is 10.2 Å². The zero-order valence-corrected chi connectivity index (χ0v) is 10.1. The van der Waals surface area contributed by atoms with Crippen molar-refractivity contribution in [3.8, 4) is 0 Å². The van der Waals surface area contributed by atoms with Gasteiger partial charge in [0.05, 0.1) is 6.61 Å². The van der Waals surface area contributed by atoms with Crippen molar-refractivity contribution in [3.05, 3.63) is 0 Å². The summed E-state index contributed by atoms with van der Waals surface area (Å²) in [7, 11) is 1.71. The van der Waals surface area contributed by atoms with Gasteiger partial charge in [-0.15, -0.1) is 0 Å². The largest absolute Gasteiger partial charge is 0.385 e. The average Bonchev–Trinajstić information content (AvgIpc) is 2.52. The highest BCUT2D eigenvalue weighted by atomic mass is 32.1. The molecule has 4 nitrogen and oxygen atoms in total. The first-order valence-corrected chi connectivity index (χ1v) is 5.85. The molecule has 5 heteroatoms. The van der Waals surface area contributed by atoms with Crippen LogP contribution in [0.25, 0.3) is 0 Å². The van der Waals surface area contributed by atoms with Crippen LogP contribution in [0.4, 0.5) is 0 Å². The molecule has 0 aliphatic carbocycles. The number of methoxy groups -OCH3 is 1. The third-order valence-corrected chi connectivity index (χ3v) is 2.71. The zero-order chi connectivity index (χ0) is 10.9. The van der Waals surface area contributed by atoms with Crippen molar-refractivity contribution in [1.29, 1.82) is 0 Å². The molecule has 0 saturated carbocycles. The molecule has 0 unspecified atom stereocenters. The van der Waals surface area contributed by atoms with Crippen LogP contribution in [0, 0.1) is 0 Å². The lowest BCUT2D eigenvalue weighted by Crippen LogP contribution is -2.41. The van der Waals surface area contributed by atoms with Gasteiger partial charge in [0.2, 0.25) is 0 Å². The highest BCUT2D eigenvalue weighted by Gasteiger charge is 2.11. The van der Waals surface area contributed by atoms with E-state index in [-0.39, 0.29) is 0 Å². The van der Waals surface area contributed by atoms with Gasteiger partial charge in [-0.05, 0) is 25.1 Å². The molecule has 0 amide bonds. The number of thiocarbonyl (C=S) groups is 1. The maximum Gasteiger partial charge on any atom is 0.169 e. The Morgan fingerprint density at radius 3 is 3.13 bits per heavy atom. The van der Waals surface area contributed by atoms with Gasteiger partial charge in [0.15, 0.2) is 5.11 Å². The number of ether oxygens (including phenoxy) is 2. The molecule has 1 N–H and O–H groups in total. The van der Waals surface area contributed by atoms with Gasteiger partial charge in [-0.3, -0.25) is 0 Å². The van der Waals surface area contributed by atoms with Gasteiger partial charge in [-0.2, -0.15) is 0 Å². The number of nitrogens with zero attached hydrogens (tertiary/aromatic N) is 1. The minimum Gasteiger partial charge on any atom is -0.385 e. The predicted molar refractivity (Wildman–Crippen MR) is 64.1 cm³/mol. The van der Waals surface area contributed by atoms with Crippen molar-refractivity contribution < 1.29 is 9.47 Å². The highest BCUT2D eigenvalue weighted by Crippen LogP contribution is 1.99. The van der Waals surface area contributed by atoms with Gasteiger partial charge in [0, 0.05) is 40.0 Å². The molecule has 1 rings (SSSR count). The number of nitrogens with one attached hydrogen (secondary N) is 1. The molecule has 0 bridgehead atoms. The van der Waals surface area contributed by atoms with Crippen LogP contribution in [-0.4, -0.2) is 56.6 Å². The van der Waals surface area contributed by atoms with E-state index in [9.17, 15) is 0 Å². The summed E-state index contributed by atoms with van der Waals surface area (Å²) in [5.74, 6) is 0. The Hall–Kier alpha value is -0.390. The molecule has 1 aliphatic heterocycles. The summed E-state index contributed by atoms with van der Waals surface area (Å²) in [5.41, 5.74) is 0. The number of hydrogen-bond acceptors (Lipinski definition) is 3. The molecule has 0 aromatic carbocycles. The molecule has 0 aromatic heterocycles. The normalized spacial score (nSPS) is 17.3. The predicted octanol–water partition coefficient (Wildman–Crippen LogP) is 0.620. The second kappa shape index (κ2) is 7.84. The van der Waals surface area contributed by atoms with Crippen LogP contribution in [-0.2, 0) is 9.47 Å². The zero-order valence-electron chi connectivity index (χ0n) is 9.33. The first kappa shape index (κ1) is 12.7. The monoisotopic (exact) mass is 232 g/mol. The fourth-order valence-corrected chi connectivity index (χ4v) is 1.76. The second-order valence-electron chi connectivity index (χ2n) is 3.53. The summed E-state index contributed by atoms with van der Waals surface area (Å²) in [5, 5.41) is 4.08. The van der Waals surface area contributed by atoms with Crippen LogP contribution in [0.2, 0.25) is 0 Å². The molecule has 1 heterocycles. The number of rotatable bonds is 4. The van der Waals surface area contributed by atoms with E-state index in [2.05, 4.69) is 10.2 Å². The SMILES string of the molecule is COCCCNC(=S)N1CCCOCC1. The third kappa shape index (κ3) is 5.30. The molecular weight excluding hydrogens is 212 g/mol. The van der Waals surface area contributed by atoms with Gasteiger partial charge in [0.1, 0.15) is 0 Å². The minimum absolute atomic E-state index is 0.777. The Morgan fingerprint density at radius 2 is 2.33 bits per heavy atom. The van der Waals surface area contributed by atoms with E-state index in [1.807, 2.05) is 0 Å². The second-order valence-corrected chi connectivity index (χ2v) is 3.92. The molecule has 1 fully saturated rings. The van der Waals surface area contributed by atoms with Crippen LogP contribution in [0.1, 0.15) is 12.8 Å². The summed E-state index contributed by atoms with van der Waals surface area (Å²) in [6, 6.07) is 0. The Kier molecular flexibility index (Phi) is 6.63. The lowest BCUT2D eigenvalue weighted by molar-refractivity contribution is 0.147. The smallest absolute Gasteiger partial charge is 0.169 e. The Balaban J connectivity index is 2.14. The minimum atomic E-state index is 0.777. The Bertz CT molecular complexity index is 182. The summed E-state index contributed by atoms with van der Waals surface area (Å²) in [4.78, 5) is 2.18. The molecule has 0 atom stereocenters. The average molecular weight is 232 g/mol. The van der Waals surface area contributed by atoms with E-state index in [1.165, 1.54) is 0 Å². The maximum atomic E-state index is 5.37. The van der Waals surface area contributed by atoms with E-state index >= 15 is 0 Å². The van der Waals surface area contributed by atoms with Crippen LogP contribution in [0.5, 0.6) is 0 Å². The van der Waals surface area contributed by atoms with E-state index in [4.69, 9.17) is 21.7 Å². The third-order valence-electron chi connectivity index (χ3n) is 2.31. The van der Waals surface area contributed by atoms with E-state index in [0.29, 0.717) is 0 Å². The van der Waals surface area contributed by atoms with Crippen LogP contribution >= 0.6 is 12.2 Å². The fraction of sp³-hybridized carbons (Fsp3) is 0.900. The summed E-state index contributed by atoms with van der Waals surface area (Å²) >= 11 is 5.30. The van der Waals surface area contributed by atoms with E-state index in [0.717, 1.165) is 57.4 Å². The number of hydrogen-bond donors (Lipinski definition) is 1. The topological polar surface area (TPSA) is 33.7 Å². The molecule has 0 radical (unpaired) electrons. The first-order valence-electron chi connectivity index (χ1n) is 5.44. The van der Waals surface area contributed by atoms with Crippen molar-refractivity contribution in [2.24, 2.45) is 0 Å². The summed E-state index contributed by atoms with van der Waals surface area (Å²) < 4.78 is 10.3. The van der Waals surface area contributed by atoms with Crippen LogP contribution in [0.15, 0.2) is 0 Å². The fourth-order valence-electron chi connectivity index (χ4n) is 1.47. The van der Waals surface area contributed by atoms with Crippen molar-refractivity contribution in [3.63, 3.8) is 0 Å². The first-order chi connectivity index (χ1) is 7.34. The molecule has 88 valence electrons.